The molecule has 0 bridgehead atoms. The number of para-hydroxylation sites is 1. The smallest absolute Gasteiger partial charge is 0.233 e. The zero-order valence-electron chi connectivity index (χ0n) is 9.28. The summed E-state index contributed by atoms with van der Waals surface area (Å²) < 4.78 is 13.7. The second-order valence-corrected chi connectivity index (χ2v) is 4.01. The summed E-state index contributed by atoms with van der Waals surface area (Å²) in [5, 5.41) is 0. The van der Waals surface area contributed by atoms with Crippen LogP contribution in [0.1, 0.15) is 25.7 Å². The average Bonchev–Trinajstić information content (AvgIpc) is 2.43. The first-order valence-electron chi connectivity index (χ1n) is 5.51. The third-order valence-electron chi connectivity index (χ3n) is 2.77. The van der Waals surface area contributed by atoms with Gasteiger partial charge in [0.25, 0.3) is 0 Å². The fraction of sp³-hybridized carbons (Fsp3) is 0.333. The van der Waals surface area contributed by atoms with Gasteiger partial charge in [-0.15, -0.1) is 0 Å². The van der Waals surface area contributed by atoms with E-state index in [1.54, 1.807) is 0 Å². The Morgan fingerprint density at radius 1 is 1.12 bits per heavy atom. The van der Waals surface area contributed by atoms with Gasteiger partial charge in [0.15, 0.2) is 0 Å². The molecule has 0 radical (unpaired) electrons. The lowest BCUT2D eigenvalue weighted by molar-refractivity contribution is -0.125. The minimum absolute atomic E-state index is 0.105. The number of imide groups is 1. The first kappa shape index (κ1) is 11.6. The van der Waals surface area contributed by atoms with Crippen molar-refractivity contribution in [1.29, 1.82) is 0 Å². The SMILES string of the molecule is Nc1cccc(F)c1N1C(=O)CCCCC1=O. The molecule has 1 aliphatic rings. The van der Waals surface area contributed by atoms with Gasteiger partial charge in [0, 0.05) is 12.8 Å². The van der Waals surface area contributed by atoms with Crippen molar-refractivity contribution in [3.63, 3.8) is 0 Å². The van der Waals surface area contributed by atoms with Crippen LogP contribution < -0.4 is 10.6 Å². The normalized spacial score (nSPS) is 17.1. The van der Waals surface area contributed by atoms with Crippen LogP contribution in [-0.2, 0) is 9.59 Å². The van der Waals surface area contributed by atoms with Gasteiger partial charge in [-0.1, -0.05) is 6.07 Å². The van der Waals surface area contributed by atoms with Crippen molar-refractivity contribution in [3.8, 4) is 0 Å². The molecule has 1 aliphatic heterocycles. The number of hydrogen-bond acceptors (Lipinski definition) is 3. The van der Waals surface area contributed by atoms with E-state index in [1.807, 2.05) is 0 Å². The van der Waals surface area contributed by atoms with E-state index in [2.05, 4.69) is 0 Å². The van der Waals surface area contributed by atoms with E-state index >= 15 is 0 Å². The fourth-order valence-corrected chi connectivity index (χ4v) is 1.93. The number of carbonyl (C=O) groups is 2. The monoisotopic (exact) mass is 236 g/mol. The topological polar surface area (TPSA) is 63.4 Å². The van der Waals surface area contributed by atoms with Crippen LogP contribution in [0.3, 0.4) is 0 Å². The number of carbonyl (C=O) groups excluding carboxylic acids is 2. The summed E-state index contributed by atoms with van der Waals surface area (Å²) in [5.74, 6) is -1.41. The molecule has 2 amide bonds. The van der Waals surface area contributed by atoms with Gasteiger partial charge in [-0.25, -0.2) is 9.29 Å². The summed E-state index contributed by atoms with van der Waals surface area (Å²) in [5.41, 5.74) is 5.64. The molecule has 1 fully saturated rings. The van der Waals surface area contributed by atoms with Gasteiger partial charge in [0.05, 0.1) is 5.69 Å². The number of benzene rings is 1. The van der Waals surface area contributed by atoms with Crippen LogP contribution >= 0.6 is 0 Å². The van der Waals surface area contributed by atoms with Crippen LogP contribution in [0.2, 0.25) is 0 Å². The molecular weight excluding hydrogens is 223 g/mol. The molecule has 17 heavy (non-hydrogen) atoms. The molecule has 1 heterocycles. The molecule has 90 valence electrons. The van der Waals surface area contributed by atoms with Crippen LogP contribution in [0.15, 0.2) is 18.2 Å². The molecule has 0 atom stereocenters. The summed E-state index contributed by atoms with van der Waals surface area (Å²) in [7, 11) is 0. The van der Waals surface area contributed by atoms with Crippen molar-refractivity contribution < 1.29 is 14.0 Å². The van der Waals surface area contributed by atoms with E-state index in [0.717, 1.165) is 4.90 Å². The summed E-state index contributed by atoms with van der Waals surface area (Å²) in [4.78, 5) is 24.5. The highest BCUT2D eigenvalue weighted by Crippen LogP contribution is 2.29. The van der Waals surface area contributed by atoms with Gasteiger partial charge in [-0.3, -0.25) is 9.59 Å². The highest BCUT2D eigenvalue weighted by molar-refractivity contribution is 6.16. The van der Waals surface area contributed by atoms with Crippen molar-refractivity contribution in [2.75, 3.05) is 10.6 Å². The average molecular weight is 236 g/mol. The Morgan fingerprint density at radius 3 is 2.24 bits per heavy atom. The first-order chi connectivity index (χ1) is 8.11. The van der Waals surface area contributed by atoms with E-state index in [4.69, 9.17) is 5.73 Å². The summed E-state index contributed by atoms with van der Waals surface area (Å²) in [6.45, 7) is 0. The Labute approximate surface area is 98.2 Å². The van der Waals surface area contributed by atoms with E-state index < -0.39 is 5.82 Å². The van der Waals surface area contributed by atoms with Gasteiger partial charge in [0.2, 0.25) is 11.8 Å². The van der Waals surface area contributed by atoms with Crippen molar-refractivity contribution in [2.45, 2.75) is 25.7 Å². The fourth-order valence-electron chi connectivity index (χ4n) is 1.93. The predicted octanol–water partition coefficient (Wildman–Crippen LogP) is 1.84. The summed E-state index contributed by atoms with van der Waals surface area (Å²) in [6, 6.07) is 4.11. The highest BCUT2D eigenvalue weighted by Gasteiger charge is 2.29. The number of anilines is 2. The number of halogens is 1. The number of nitrogen functional groups attached to an aromatic ring is 1. The lowest BCUT2D eigenvalue weighted by Crippen LogP contribution is -2.36. The van der Waals surface area contributed by atoms with Crippen molar-refractivity contribution in [3.05, 3.63) is 24.0 Å². The third kappa shape index (κ3) is 2.13. The van der Waals surface area contributed by atoms with E-state index in [0.29, 0.717) is 12.8 Å². The predicted molar refractivity (Wildman–Crippen MR) is 61.8 cm³/mol. The zero-order chi connectivity index (χ0) is 12.4. The Kier molecular flexibility index (Phi) is 3.08. The molecule has 0 spiro atoms. The molecule has 0 unspecified atom stereocenters. The van der Waals surface area contributed by atoms with Crippen molar-refractivity contribution >= 4 is 23.2 Å². The number of hydrogen-bond donors (Lipinski definition) is 1. The zero-order valence-corrected chi connectivity index (χ0v) is 9.28. The lowest BCUT2D eigenvalue weighted by atomic mass is 10.2. The Bertz CT molecular complexity index is 435. The molecule has 4 nitrogen and oxygen atoms in total. The van der Waals surface area contributed by atoms with Crippen molar-refractivity contribution in [2.24, 2.45) is 0 Å². The Hall–Kier alpha value is -1.91. The minimum atomic E-state index is -0.645. The van der Waals surface area contributed by atoms with Gasteiger partial charge < -0.3 is 5.73 Å². The largest absolute Gasteiger partial charge is 0.397 e. The molecular formula is C12H13FN2O2. The van der Waals surface area contributed by atoms with Crippen LogP contribution in [0, 0.1) is 5.82 Å². The van der Waals surface area contributed by atoms with Gasteiger partial charge in [-0.2, -0.15) is 0 Å². The molecule has 0 saturated carbocycles. The third-order valence-corrected chi connectivity index (χ3v) is 2.77. The standard InChI is InChI=1S/C12H13FN2O2/c13-8-4-3-5-9(14)12(8)15-10(16)6-1-2-7-11(15)17/h3-5H,1-2,6-7,14H2. The maximum atomic E-state index is 13.7. The Balaban J connectivity index is 2.49. The van der Waals surface area contributed by atoms with E-state index in [1.165, 1.54) is 18.2 Å². The lowest BCUT2D eigenvalue weighted by Gasteiger charge is -2.20. The second kappa shape index (κ2) is 4.53. The first-order valence-corrected chi connectivity index (χ1v) is 5.51. The van der Waals surface area contributed by atoms with Gasteiger partial charge >= 0.3 is 0 Å². The number of nitrogens with two attached hydrogens (primary N) is 1. The van der Waals surface area contributed by atoms with Crippen LogP contribution in [0.5, 0.6) is 0 Å². The number of rotatable bonds is 1. The minimum Gasteiger partial charge on any atom is -0.397 e. The molecule has 1 aromatic rings. The molecule has 0 aliphatic carbocycles. The molecule has 5 heteroatoms. The maximum Gasteiger partial charge on any atom is 0.233 e. The summed E-state index contributed by atoms with van der Waals surface area (Å²) >= 11 is 0. The summed E-state index contributed by atoms with van der Waals surface area (Å²) in [6.07, 6.45) is 1.80. The molecule has 2 rings (SSSR count). The Morgan fingerprint density at radius 2 is 1.71 bits per heavy atom. The van der Waals surface area contributed by atoms with E-state index in [9.17, 15) is 14.0 Å². The van der Waals surface area contributed by atoms with Crippen LogP contribution in [-0.4, -0.2) is 11.8 Å². The highest BCUT2D eigenvalue weighted by atomic mass is 19.1. The molecule has 2 N–H and O–H groups in total. The number of amides is 2. The van der Waals surface area contributed by atoms with Crippen molar-refractivity contribution in [1.82, 2.24) is 0 Å². The molecule has 0 aromatic heterocycles. The van der Waals surface area contributed by atoms with Crippen LogP contribution in [0.25, 0.3) is 0 Å². The molecule has 1 aromatic carbocycles. The van der Waals surface area contributed by atoms with Crippen LogP contribution in [0.4, 0.5) is 15.8 Å². The van der Waals surface area contributed by atoms with Gasteiger partial charge in [0.1, 0.15) is 11.5 Å². The van der Waals surface area contributed by atoms with E-state index in [-0.39, 0.29) is 36.0 Å². The van der Waals surface area contributed by atoms with Gasteiger partial charge in [-0.05, 0) is 25.0 Å². The maximum absolute atomic E-state index is 13.7. The second-order valence-electron chi connectivity index (χ2n) is 4.01. The molecule has 1 saturated heterocycles. The quantitative estimate of drug-likeness (QED) is 0.597. The number of nitrogens with zero attached hydrogens (tertiary/aromatic N) is 1.